The molecule has 0 spiro atoms. The van der Waals surface area contributed by atoms with E-state index < -0.39 is 0 Å². The van der Waals surface area contributed by atoms with Gasteiger partial charge < -0.3 is 10.6 Å². The summed E-state index contributed by atoms with van der Waals surface area (Å²) in [5, 5.41) is 0. The summed E-state index contributed by atoms with van der Waals surface area (Å²) < 4.78 is 0. The van der Waals surface area contributed by atoms with Crippen molar-refractivity contribution in [3.05, 3.63) is 23.8 Å². The largest absolute Gasteiger partial charge is 0.343 e. The van der Waals surface area contributed by atoms with Crippen molar-refractivity contribution in [3.63, 3.8) is 0 Å². The molecule has 0 aliphatic carbocycles. The van der Waals surface area contributed by atoms with Gasteiger partial charge in [-0.25, -0.2) is 0 Å². The van der Waals surface area contributed by atoms with Gasteiger partial charge in [-0.3, -0.25) is 14.8 Å². The van der Waals surface area contributed by atoms with E-state index >= 15 is 0 Å². The Bertz CT molecular complexity index is 396. The molecule has 1 amide bonds. The summed E-state index contributed by atoms with van der Waals surface area (Å²) in [6.07, 6.45) is 6.63. The molecule has 1 aliphatic heterocycles. The number of likely N-dealkylation sites (tertiary alicyclic amines) is 1. The monoisotopic (exact) mass is 248 g/mol. The van der Waals surface area contributed by atoms with Gasteiger partial charge in [-0.1, -0.05) is 0 Å². The molecule has 1 aliphatic rings. The third-order valence-electron chi connectivity index (χ3n) is 3.53. The molecule has 2 N–H and O–H groups in total. The molecule has 0 aromatic carbocycles. The number of hydrogen-bond donors (Lipinski definition) is 1. The van der Waals surface area contributed by atoms with Crippen LogP contribution in [0.2, 0.25) is 0 Å². The van der Waals surface area contributed by atoms with Gasteiger partial charge in [0.25, 0.3) is 0 Å². The van der Waals surface area contributed by atoms with Crippen LogP contribution < -0.4 is 5.73 Å². The van der Waals surface area contributed by atoms with Crippen molar-refractivity contribution < 1.29 is 4.79 Å². The fraction of sp³-hybridized carbons (Fsp3) is 0.615. The summed E-state index contributed by atoms with van der Waals surface area (Å²) in [5.74, 6) is 0.791. The molecule has 0 unspecified atom stereocenters. The van der Waals surface area contributed by atoms with Crippen LogP contribution in [0.1, 0.15) is 31.2 Å². The quantitative estimate of drug-likeness (QED) is 0.856. The highest BCUT2D eigenvalue weighted by atomic mass is 16.2. The number of carbonyl (C=O) groups is 1. The molecule has 0 atom stereocenters. The lowest BCUT2D eigenvalue weighted by Gasteiger charge is -2.31. The van der Waals surface area contributed by atoms with Crippen LogP contribution in [-0.2, 0) is 17.8 Å². The number of piperidine rings is 1. The summed E-state index contributed by atoms with van der Waals surface area (Å²) in [6.45, 7) is 3.81. The minimum absolute atomic E-state index is 0.181. The number of aromatic nitrogens is 2. The average molecular weight is 248 g/mol. The van der Waals surface area contributed by atoms with E-state index in [2.05, 4.69) is 9.97 Å². The van der Waals surface area contributed by atoms with Crippen LogP contribution >= 0.6 is 0 Å². The van der Waals surface area contributed by atoms with Gasteiger partial charge in [0.1, 0.15) is 0 Å². The van der Waals surface area contributed by atoms with Gasteiger partial charge >= 0.3 is 0 Å². The third-order valence-corrected chi connectivity index (χ3v) is 3.53. The molecule has 1 saturated heterocycles. The van der Waals surface area contributed by atoms with Crippen molar-refractivity contribution >= 4 is 5.91 Å². The van der Waals surface area contributed by atoms with Crippen molar-refractivity contribution in [2.75, 3.05) is 13.1 Å². The van der Waals surface area contributed by atoms with Gasteiger partial charge in [0, 0.05) is 39.0 Å². The fourth-order valence-electron chi connectivity index (χ4n) is 2.34. The Morgan fingerprint density at radius 2 is 1.94 bits per heavy atom. The van der Waals surface area contributed by atoms with E-state index in [1.54, 1.807) is 13.1 Å². The van der Waals surface area contributed by atoms with Crippen LogP contribution in [0, 0.1) is 5.92 Å². The van der Waals surface area contributed by atoms with E-state index in [1.807, 2.05) is 11.1 Å². The molecule has 0 bridgehead atoms. The average Bonchev–Trinajstić information content (AvgIpc) is 2.40. The molecule has 18 heavy (non-hydrogen) atoms. The van der Waals surface area contributed by atoms with Crippen LogP contribution in [0.15, 0.2) is 12.4 Å². The summed E-state index contributed by atoms with van der Waals surface area (Å²) in [4.78, 5) is 21.8. The first-order chi connectivity index (χ1) is 8.69. The number of carbonyl (C=O) groups excluding carboxylic acids is 1. The molecule has 2 rings (SSSR count). The van der Waals surface area contributed by atoms with Crippen molar-refractivity contribution in [1.82, 2.24) is 14.9 Å². The Balaban J connectivity index is 1.85. The van der Waals surface area contributed by atoms with E-state index in [4.69, 9.17) is 5.73 Å². The van der Waals surface area contributed by atoms with Crippen LogP contribution in [0.5, 0.6) is 0 Å². The minimum atomic E-state index is 0.181. The second kappa shape index (κ2) is 5.91. The molecule has 1 aromatic rings. The number of rotatable bonds is 3. The number of hydrogen-bond acceptors (Lipinski definition) is 4. The standard InChI is InChI=1S/C13H20N4O/c1-10(18)17-4-2-11(3-5-17)6-12-8-16-13(7-14)9-15-12/h8-9,11H,2-7,14H2,1H3. The lowest BCUT2D eigenvalue weighted by Crippen LogP contribution is -2.37. The zero-order chi connectivity index (χ0) is 13.0. The molecule has 1 fully saturated rings. The maximum absolute atomic E-state index is 11.2. The van der Waals surface area contributed by atoms with Crippen LogP contribution in [0.25, 0.3) is 0 Å². The summed E-state index contributed by atoms with van der Waals surface area (Å²) in [7, 11) is 0. The Morgan fingerprint density at radius 1 is 1.33 bits per heavy atom. The molecule has 5 nitrogen and oxygen atoms in total. The van der Waals surface area contributed by atoms with E-state index in [0.29, 0.717) is 12.5 Å². The predicted octanol–water partition coefficient (Wildman–Crippen LogP) is 0.736. The fourth-order valence-corrected chi connectivity index (χ4v) is 2.34. The second-order valence-corrected chi connectivity index (χ2v) is 4.86. The third kappa shape index (κ3) is 3.26. The first-order valence-corrected chi connectivity index (χ1v) is 6.44. The van der Waals surface area contributed by atoms with Crippen molar-refractivity contribution in [2.45, 2.75) is 32.7 Å². The first kappa shape index (κ1) is 13.0. The van der Waals surface area contributed by atoms with E-state index in [1.165, 1.54) is 0 Å². The minimum Gasteiger partial charge on any atom is -0.343 e. The van der Waals surface area contributed by atoms with Crippen LogP contribution in [-0.4, -0.2) is 33.9 Å². The molecule has 98 valence electrons. The number of nitrogens with zero attached hydrogens (tertiary/aromatic N) is 3. The normalized spacial score (nSPS) is 16.9. The smallest absolute Gasteiger partial charge is 0.219 e. The second-order valence-electron chi connectivity index (χ2n) is 4.86. The first-order valence-electron chi connectivity index (χ1n) is 6.44. The Labute approximate surface area is 107 Å². The molecule has 5 heteroatoms. The number of amides is 1. The predicted molar refractivity (Wildman–Crippen MR) is 68.6 cm³/mol. The van der Waals surface area contributed by atoms with Crippen LogP contribution in [0.4, 0.5) is 0 Å². The lowest BCUT2D eigenvalue weighted by atomic mass is 9.92. The van der Waals surface area contributed by atoms with Crippen LogP contribution in [0.3, 0.4) is 0 Å². The maximum atomic E-state index is 11.2. The van der Waals surface area contributed by atoms with Gasteiger partial charge in [-0.05, 0) is 25.2 Å². The summed E-state index contributed by atoms with van der Waals surface area (Å²) in [5.41, 5.74) is 7.33. The highest BCUT2D eigenvalue weighted by Crippen LogP contribution is 2.20. The van der Waals surface area contributed by atoms with Gasteiger partial charge in [-0.2, -0.15) is 0 Å². The van der Waals surface area contributed by atoms with E-state index in [9.17, 15) is 4.79 Å². The molecular formula is C13H20N4O. The lowest BCUT2D eigenvalue weighted by molar-refractivity contribution is -0.130. The van der Waals surface area contributed by atoms with Crippen molar-refractivity contribution in [2.24, 2.45) is 11.7 Å². The molecule has 2 heterocycles. The molecule has 0 radical (unpaired) electrons. The molecule has 1 aromatic heterocycles. The summed E-state index contributed by atoms with van der Waals surface area (Å²) in [6, 6.07) is 0. The molecular weight excluding hydrogens is 228 g/mol. The highest BCUT2D eigenvalue weighted by molar-refractivity contribution is 5.73. The number of nitrogens with two attached hydrogens (primary N) is 1. The van der Waals surface area contributed by atoms with Gasteiger partial charge in [0.15, 0.2) is 0 Å². The topological polar surface area (TPSA) is 72.1 Å². The Kier molecular flexibility index (Phi) is 4.25. The summed E-state index contributed by atoms with van der Waals surface area (Å²) >= 11 is 0. The van der Waals surface area contributed by atoms with Gasteiger partial charge in [0.05, 0.1) is 11.4 Å². The van der Waals surface area contributed by atoms with Gasteiger partial charge in [-0.15, -0.1) is 0 Å². The Morgan fingerprint density at radius 3 is 2.44 bits per heavy atom. The van der Waals surface area contributed by atoms with Crippen molar-refractivity contribution in [3.8, 4) is 0 Å². The zero-order valence-corrected chi connectivity index (χ0v) is 10.8. The highest BCUT2D eigenvalue weighted by Gasteiger charge is 2.21. The molecule has 0 saturated carbocycles. The van der Waals surface area contributed by atoms with E-state index in [-0.39, 0.29) is 5.91 Å². The van der Waals surface area contributed by atoms with E-state index in [0.717, 1.165) is 43.7 Å². The zero-order valence-electron chi connectivity index (χ0n) is 10.8. The maximum Gasteiger partial charge on any atom is 0.219 e. The van der Waals surface area contributed by atoms with Gasteiger partial charge in [0.2, 0.25) is 5.91 Å². The Hall–Kier alpha value is -1.49. The van der Waals surface area contributed by atoms with Crippen molar-refractivity contribution in [1.29, 1.82) is 0 Å². The SMILES string of the molecule is CC(=O)N1CCC(Cc2cnc(CN)cn2)CC1.